The number of unbranched alkanes of at least 4 members (excludes halogenated alkanes) is 2. The molecule has 460 valence electrons. The molecule has 34 heteroatoms. The third-order valence-corrected chi connectivity index (χ3v) is 12.7. The first-order chi connectivity index (χ1) is 37.1. The van der Waals surface area contributed by atoms with Gasteiger partial charge in [-0.2, -0.15) is 0 Å². The maximum atomic E-state index is 11.6. The van der Waals surface area contributed by atoms with Crippen molar-refractivity contribution in [1.82, 2.24) is 0 Å². The molecule has 3 fully saturated rings. The van der Waals surface area contributed by atoms with E-state index in [0.717, 1.165) is 0 Å². The van der Waals surface area contributed by atoms with Crippen LogP contribution < -0.4 is 0 Å². The second-order valence-corrected chi connectivity index (χ2v) is 18.8. The molecular formula is C44H83N3O31. The maximum absolute atomic E-state index is 11.6. The smallest absolute Gasteiger partial charge is 0.187 e. The average molecular weight is 1150 g/mol. The summed E-state index contributed by atoms with van der Waals surface area (Å²) >= 11 is 0. The van der Waals surface area contributed by atoms with Crippen molar-refractivity contribution in [3.8, 4) is 0 Å². The Bertz CT molecular complexity index is 1650. The Labute approximate surface area is 447 Å². The van der Waals surface area contributed by atoms with Crippen molar-refractivity contribution in [2.75, 3.05) is 72.6 Å². The van der Waals surface area contributed by atoms with Crippen LogP contribution in [0.3, 0.4) is 0 Å². The highest BCUT2D eigenvalue weighted by Crippen LogP contribution is 2.33. The minimum atomic E-state index is -2.19. The lowest BCUT2D eigenvalue weighted by atomic mass is 9.96. The summed E-state index contributed by atoms with van der Waals surface area (Å²) in [5.41, 5.74) is 8.46. The van der Waals surface area contributed by atoms with Gasteiger partial charge in [0.2, 0.25) is 0 Å². The van der Waals surface area contributed by atoms with E-state index in [2.05, 4.69) is 10.0 Å². The molecule has 34 nitrogen and oxygen atoms in total. The van der Waals surface area contributed by atoms with Gasteiger partial charge in [-0.15, -0.1) is 0 Å². The molecule has 3 rings (SSSR count). The lowest BCUT2D eigenvalue weighted by Gasteiger charge is -2.47. The van der Waals surface area contributed by atoms with E-state index in [1.165, 1.54) is 20.8 Å². The second-order valence-electron chi connectivity index (χ2n) is 18.8. The van der Waals surface area contributed by atoms with Crippen LogP contribution in [0, 0.1) is 0 Å². The molecule has 0 radical (unpaired) electrons. The van der Waals surface area contributed by atoms with E-state index < -0.39 is 225 Å². The molecule has 0 saturated carbocycles. The molecular weight excluding hydrogens is 1070 g/mol. The Hall–Kier alpha value is -1.93. The Morgan fingerprint density at radius 3 is 1.32 bits per heavy atom. The standard InChI is InChI=1S/C44H83N3O31/c1-18(55)24(10-49)70-39(21(58)9-48)68-16-22(59)40(71-25(11-50)19(2)56)76-36-30(61)28(14-53)74-43(34(36)65)69-17-23(60)41(72-26(12-51)20(3)57)77-38-32(63)29(15-54)75-44(35(38)66)78-37-31(62)27(13-52)73-42(33(37)64)67-8-6-4-5-7-46-47-45/h18-44,48-66H,4-17H2,1-3H3/t18-,19-,20-,21-,22-,23-,24?,25?,26?,27?,28?,29?,30+,31+,32+,33?,34?,35?,36?,37?,38?,39+,40-,41-,42+,43+,44-/m0/s1. The third-order valence-electron chi connectivity index (χ3n) is 12.7. The van der Waals surface area contributed by atoms with Crippen LogP contribution in [0.5, 0.6) is 0 Å². The number of hydrogen-bond donors (Lipinski definition) is 19. The Morgan fingerprint density at radius 2 is 0.885 bits per heavy atom. The first kappa shape index (κ1) is 70.3. The topological polar surface area (TPSA) is 544 Å². The molecule has 0 aromatic carbocycles. The number of ether oxygens (including phenoxy) is 12. The van der Waals surface area contributed by atoms with Crippen LogP contribution in [0.15, 0.2) is 5.11 Å². The summed E-state index contributed by atoms with van der Waals surface area (Å²) < 4.78 is 67.5. The lowest BCUT2D eigenvalue weighted by Crippen LogP contribution is -2.66. The fraction of sp³-hybridized carbons (Fsp3) is 1.00. The molecule has 0 aromatic rings. The summed E-state index contributed by atoms with van der Waals surface area (Å²) in [7, 11) is 0. The van der Waals surface area contributed by atoms with Gasteiger partial charge in [-0.05, 0) is 39.1 Å². The van der Waals surface area contributed by atoms with Gasteiger partial charge in [-0.25, -0.2) is 0 Å². The van der Waals surface area contributed by atoms with Gasteiger partial charge in [0.05, 0.1) is 77.8 Å². The Balaban J connectivity index is 1.88. The van der Waals surface area contributed by atoms with Gasteiger partial charge in [-0.3, -0.25) is 0 Å². The normalized spacial score (nSPS) is 34.6. The van der Waals surface area contributed by atoms with E-state index in [1.807, 2.05) is 0 Å². The van der Waals surface area contributed by atoms with Gasteiger partial charge < -0.3 is 154 Å². The van der Waals surface area contributed by atoms with E-state index in [-0.39, 0.29) is 13.2 Å². The Morgan fingerprint density at radius 1 is 0.474 bits per heavy atom. The highest BCUT2D eigenvalue weighted by Gasteiger charge is 2.53. The summed E-state index contributed by atoms with van der Waals surface area (Å²) in [5, 5.41) is 205. The summed E-state index contributed by atoms with van der Waals surface area (Å²) in [6, 6.07) is 0. The first-order valence-electron chi connectivity index (χ1n) is 25.3. The highest BCUT2D eigenvalue weighted by molar-refractivity contribution is 4.96. The zero-order valence-corrected chi connectivity index (χ0v) is 43.2. The number of azide groups is 1. The minimum absolute atomic E-state index is 0.0143. The molecule has 3 heterocycles. The van der Waals surface area contributed by atoms with Crippen LogP contribution in [0.25, 0.3) is 10.4 Å². The monoisotopic (exact) mass is 1150 g/mol. The summed E-state index contributed by atoms with van der Waals surface area (Å²) in [5.74, 6) is 0. The highest BCUT2D eigenvalue weighted by atomic mass is 16.8. The molecule has 3 saturated heterocycles. The van der Waals surface area contributed by atoms with Gasteiger partial charge in [0.25, 0.3) is 0 Å². The van der Waals surface area contributed by atoms with Gasteiger partial charge in [-0.1, -0.05) is 11.5 Å². The van der Waals surface area contributed by atoms with Gasteiger partial charge in [0.15, 0.2) is 37.7 Å². The molecule has 0 aromatic heterocycles. The van der Waals surface area contributed by atoms with E-state index in [4.69, 9.17) is 62.4 Å². The van der Waals surface area contributed by atoms with E-state index in [0.29, 0.717) is 19.3 Å². The van der Waals surface area contributed by atoms with Gasteiger partial charge in [0, 0.05) is 18.1 Å². The minimum Gasteiger partial charge on any atom is -0.394 e. The first-order valence-corrected chi connectivity index (χ1v) is 25.3. The predicted octanol–water partition coefficient (Wildman–Crippen LogP) is -9.68. The Kier molecular flexibility index (Phi) is 32.4. The molecule has 0 aliphatic carbocycles. The quantitative estimate of drug-likeness (QED) is 0.00897. The predicted molar refractivity (Wildman–Crippen MR) is 251 cm³/mol. The van der Waals surface area contributed by atoms with Crippen molar-refractivity contribution in [2.24, 2.45) is 5.11 Å². The molecule has 0 spiro atoms. The van der Waals surface area contributed by atoms with Crippen LogP contribution in [0.1, 0.15) is 40.0 Å². The fourth-order valence-corrected chi connectivity index (χ4v) is 7.94. The second kappa shape index (κ2) is 35.9. The largest absolute Gasteiger partial charge is 0.394 e. The summed E-state index contributed by atoms with van der Waals surface area (Å²) in [4.78, 5) is 2.67. The lowest BCUT2D eigenvalue weighted by molar-refractivity contribution is -0.376. The molecule has 19 N–H and O–H groups in total. The maximum Gasteiger partial charge on any atom is 0.187 e. The van der Waals surface area contributed by atoms with Crippen molar-refractivity contribution in [2.45, 2.75) is 206 Å². The molecule has 27 atom stereocenters. The van der Waals surface area contributed by atoms with Gasteiger partial charge >= 0.3 is 0 Å². The van der Waals surface area contributed by atoms with Gasteiger partial charge in [0.1, 0.15) is 110 Å². The molecule has 0 bridgehead atoms. The summed E-state index contributed by atoms with van der Waals surface area (Å²) in [6.07, 6.45) is -47.8. The molecule has 0 amide bonds. The number of nitrogens with zero attached hydrogens (tertiary/aromatic N) is 3. The third kappa shape index (κ3) is 20.4. The number of hydrogen-bond acceptors (Lipinski definition) is 32. The van der Waals surface area contributed by atoms with Crippen LogP contribution >= 0.6 is 0 Å². The van der Waals surface area contributed by atoms with Crippen LogP contribution in [-0.2, 0) is 56.8 Å². The number of rotatable bonds is 38. The number of aliphatic hydroxyl groups is 19. The van der Waals surface area contributed by atoms with E-state index >= 15 is 0 Å². The fourth-order valence-electron chi connectivity index (χ4n) is 7.94. The van der Waals surface area contributed by atoms with Crippen LogP contribution in [0.2, 0.25) is 0 Å². The molecule has 12 unspecified atom stereocenters. The van der Waals surface area contributed by atoms with E-state index in [1.54, 1.807) is 0 Å². The zero-order chi connectivity index (χ0) is 58.4. The molecule has 78 heavy (non-hydrogen) atoms. The van der Waals surface area contributed by atoms with E-state index in [9.17, 15) is 97.0 Å². The molecule has 3 aliphatic heterocycles. The van der Waals surface area contributed by atoms with Crippen molar-refractivity contribution in [1.29, 1.82) is 0 Å². The van der Waals surface area contributed by atoms with Crippen molar-refractivity contribution >= 4 is 0 Å². The molecule has 3 aliphatic rings. The van der Waals surface area contributed by atoms with Crippen molar-refractivity contribution < 1.29 is 154 Å². The number of aliphatic hydroxyl groups excluding tert-OH is 19. The van der Waals surface area contributed by atoms with Crippen LogP contribution in [-0.4, -0.2) is 336 Å². The van der Waals surface area contributed by atoms with Crippen LogP contribution in [0.4, 0.5) is 0 Å². The SMILES string of the molecule is C[C@H](O)C(CO)O[C@@H](OC[C@H](O)[C@H](OC1C(O)[C@H](OC[C@H](O)[C@H](OC2C(O)[C@H](OC3C(O)[C@H](OCCCCCN=[N+]=[N-])OC(CO)[C@H]3O)OC(CO)[C@H]2O)OC(CO)[C@H](C)O)OC(CO)[C@H]1O)OC(CO)[C@H](C)O)[C@@H](O)CO. The average Bonchev–Trinajstić information content (AvgIpc) is 3.41. The summed E-state index contributed by atoms with van der Waals surface area (Å²) in [6.45, 7) is -4.65. The zero-order valence-electron chi connectivity index (χ0n) is 43.2. The van der Waals surface area contributed by atoms with Crippen molar-refractivity contribution in [3.63, 3.8) is 0 Å². The van der Waals surface area contributed by atoms with Crippen molar-refractivity contribution in [3.05, 3.63) is 10.4 Å².